The molecular weight excluding hydrogens is 262 g/mol. The van der Waals surface area contributed by atoms with Crippen LogP contribution in [0.5, 0.6) is 0 Å². The second kappa shape index (κ2) is 6.59. The third kappa shape index (κ3) is 3.72. The second-order valence-electron chi connectivity index (χ2n) is 4.33. The molecule has 1 aromatic carbocycles. The molecule has 2 rings (SSSR count). The van der Waals surface area contributed by atoms with Gasteiger partial charge in [0.15, 0.2) is 0 Å². The molecule has 0 radical (unpaired) electrons. The van der Waals surface area contributed by atoms with Crippen molar-refractivity contribution in [2.75, 3.05) is 25.6 Å². The predicted molar refractivity (Wildman–Crippen MR) is 78.3 cm³/mol. The zero-order valence-corrected chi connectivity index (χ0v) is 11.9. The van der Waals surface area contributed by atoms with Crippen LogP contribution in [0.3, 0.4) is 0 Å². The Bertz CT molecular complexity index is 539. The highest BCUT2D eigenvalue weighted by atomic mass is 35.5. The van der Waals surface area contributed by atoms with Gasteiger partial charge in [0.2, 0.25) is 5.95 Å². The Kier molecular flexibility index (Phi) is 4.82. The van der Waals surface area contributed by atoms with Crippen molar-refractivity contribution < 1.29 is 4.74 Å². The number of aryl methyl sites for hydroxylation is 1. The fourth-order valence-electron chi connectivity index (χ4n) is 1.86. The molecule has 0 unspecified atom stereocenters. The molecule has 0 saturated heterocycles. The van der Waals surface area contributed by atoms with E-state index in [2.05, 4.69) is 10.3 Å². The summed E-state index contributed by atoms with van der Waals surface area (Å²) in [6, 6.07) is 7.72. The Morgan fingerprint density at radius 1 is 1.42 bits per heavy atom. The number of hydrogen-bond acceptors (Lipinski definition) is 3. The van der Waals surface area contributed by atoms with Gasteiger partial charge in [-0.1, -0.05) is 17.7 Å². The van der Waals surface area contributed by atoms with Crippen molar-refractivity contribution in [2.24, 2.45) is 0 Å². The summed E-state index contributed by atoms with van der Waals surface area (Å²) in [5, 5.41) is 4.03. The highest BCUT2D eigenvalue weighted by Gasteiger charge is 2.07. The van der Waals surface area contributed by atoms with E-state index in [0.717, 1.165) is 36.9 Å². The summed E-state index contributed by atoms with van der Waals surface area (Å²) in [5.41, 5.74) is 1.97. The summed E-state index contributed by atoms with van der Waals surface area (Å²) in [5.74, 6) is 0.830. The molecule has 19 heavy (non-hydrogen) atoms. The first-order valence-electron chi connectivity index (χ1n) is 6.25. The fourth-order valence-corrected chi connectivity index (χ4v) is 2.05. The maximum atomic E-state index is 6.03. The highest BCUT2D eigenvalue weighted by Crippen LogP contribution is 2.19. The van der Waals surface area contributed by atoms with Crippen LogP contribution in [0.15, 0.2) is 30.5 Å². The third-order valence-corrected chi connectivity index (χ3v) is 2.96. The molecule has 0 saturated carbocycles. The monoisotopic (exact) mass is 279 g/mol. The average Bonchev–Trinajstić information content (AvgIpc) is 2.76. The number of nitrogens with zero attached hydrogens (tertiary/aromatic N) is 2. The van der Waals surface area contributed by atoms with Crippen molar-refractivity contribution in [1.82, 2.24) is 9.55 Å². The normalized spacial score (nSPS) is 10.7. The number of halogens is 1. The fraction of sp³-hybridized carbons (Fsp3) is 0.357. The van der Waals surface area contributed by atoms with Crippen LogP contribution in [0.2, 0.25) is 5.02 Å². The zero-order valence-electron chi connectivity index (χ0n) is 11.2. The number of methoxy groups -OCH3 is 1. The van der Waals surface area contributed by atoms with Gasteiger partial charge in [-0.05, 0) is 31.5 Å². The second-order valence-corrected chi connectivity index (χ2v) is 4.77. The lowest BCUT2D eigenvalue weighted by atomic mass is 10.3. The predicted octanol–water partition coefficient (Wildman–Crippen LogP) is 3.28. The lowest BCUT2D eigenvalue weighted by Crippen LogP contribution is -2.09. The lowest BCUT2D eigenvalue weighted by molar-refractivity contribution is 0.197. The molecule has 5 heteroatoms. The Hall–Kier alpha value is -1.52. The van der Waals surface area contributed by atoms with E-state index in [0.29, 0.717) is 5.02 Å². The summed E-state index contributed by atoms with van der Waals surface area (Å²) >= 11 is 6.03. The molecule has 1 heterocycles. The Labute approximate surface area is 118 Å². The summed E-state index contributed by atoms with van der Waals surface area (Å²) in [6.45, 7) is 3.54. The van der Waals surface area contributed by atoms with Crippen molar-refractivity contribution in [3.05, 3.63) is 41.2 Å². The minimum Gasteiger partial charge on any atom is -0.385 e. The number of nitrogens with one attached hydrogen (secondary N) is 1. The molecule has 0 fully saturated rings. The summed E-state index contributed by atoms with van der Waals surface area (Å²) in [6.07, 6.45) is 2.93. The van der Waals surface area contributed by atoms with Gasteiger partial charge in [-0.15, -0.1) is 0 Å². The standard InChI is InChI=1S/C14H18ClN3O/c1-11-10-18(13-6-3-5-12(15)9-13)14(17-11)16-7-4-8-19-2/h3,5-6,9-10H,4,7-8H2,1-2H3,(H,16,17). The molecule has 0 amide bonds. The number of ether oxygens (including phenoxy) is 1. The minimum atomic E-state index is 0.717. The van der Waals surface area contributed by atoms with E-state index in [1.54, 1.807) is 7.11 Å². The molecule has 1 N–H and O–H groups in total. The first-order valence-corrected chi connectivity index (χ1v) is 6.63. The van der Waals surface area contributed by atoms with Crippen molar-refractivity contribution in [3.8, 4) is 5.69 Å². The molecule has 102 valence electrons. The van der Waals surface area contributed by atoms with Crippen LogP contribution >= 0.6 is 11.6 Å². The van der Waals surface area contributed by atoms with Crippen LogP contribution in [0.25, 0.3) is 5.69 Å². The van der Waals surface area contributed by atoms with Crippen LogP contribution in [0.4, 0.5) is 5.95 Å². The van der Waals surface area contributed by atoms with Gasteiger partial charge >= 0.3 is 0 Å². The van der Waals surface area contributed by atoms with Crippen LogP contribution in [0.1, 0.15) is 12.1 Å². The Balaban J connectivity index is 2.16. The summed E-state index contributed by atoms with van der Waals surface area (Å²) in [4.78, 5) is 4.48. The molecule has 4 nitrogen and oxygen atoms in total. The van der Waals surface area contributed by atoms with E-state index in [-0.39, 0.29) is 0 Å². The van der Waals surface area contributed by atoms with Gasteiger partial charge in [-0.3, -0.25) is 4.57 Å². The molecule has 0 atom stereocenters. The first-order chi connectivity index (χ1) is 9.20. The van der Waals surface area contributed by atoms with Crippen molar-refractivity contribution in [1.29, 1.82) is 0 Å². The van der Waals surface area contributed by atoms with E-state index in [1.165, 1.54) is 0 Å². The van der Waals surface area contributed by atoms with Gasteiger partial charge in [-0.25, -0.2) is 4.98 Å². The molecule has 2 aromatic rings. The van der Waals surface area contributed by atoms with E-state index in [9.17, 15) is 0 Å². The van der Waals surface area contributed by atoms with Gasteiger partial charge in [0.25, 0.3) is 0 Å². The third-order valence-electron chi connectivity index (χ3n) is 2.72. The molecule has 0 spiro atoms. The maximum Gasteiger partial charge on any atom is 0.207 e. The maximum absolute atomic E-state index is 6.03. The number of rotatable bonds is 6. The van der Waals surface area contributed by atoms with Crippen LogP contribution < -0.4 is 5.32 Å². The van der Waals surface area contributed by atoms with Gasteiger partial charge in [0, 0.05) is 37.2 Å². The Morgan fingerprint density at radius 3 is 3.00 bits per heavy atom. The van der Waals surface area contributed by atoms with Gasteiger partial charge in [0.1, 0.15) is 0 Å². The topological polar surface area (TPSA) is 39.1 Å². The summed E-state index contributed by atoms with van der Waals surface area (Å²) < 4.78 is 7.04. The Morgan fingerprint density at radius 2 is 2.26 bits per heavy atom. The molecule has 0 aliphatic carbocycles. The number of imidazole rings is 1. The number of hydrogen-bond donors (Lipinski definition) is 1. The van der Waals surface area contributed by atoms with E-state index < -0.39 is 0 Å². The number of benzene rings is 1. The van der Waals surface area contributed by atoms with Gasteiger partial charge < -0.3 is 10.1 Å². The van der Waals surface area contributed by atoms with E-state index in [4.69, 9.17) is 16.3 Å². The van der Waals surface area contributed by atoms with Gasteiger partial charge in [-0.2, -0.15) is 0 Å². The van der Waals surface area contributed by atoms with Crippen LogP contribution in [-0.2, 0) is 4.74 Å². The SMILES string of the molecule is COCCCNc1nc(C)cn1-c1cccc(Cl)c1. The van der Waals surface area contributed by atoms with Crippen molar-refractivity contribution >= 4 is 17.5 Å². The highest BCUT2D eigenvalue weighted by molar-refractivity contribution is 6.30. The molecule has 0 bridgehead atoms. The first kappa shape index (κ1) is 13.9. The zero-order chi connectivity index (χ0) is 13.7. The summed E-state index contributed by atoms with van der Waals surface area (Å²) in [7, 11) is 1.71. The molecule has 1 aromatic heterocycles. The number of aromatic nitrogens is 2. The van der Waals surface area contributed by atoms with Crippen LogP contribution in [0, 0.1) is 6.92 Å². The van der Waals surface area contributed by atoms with Gasteiger partial charge in [0.05, 0.1) is 5.69 Å². The van der Waals surface area contributed by atoms with Crippen molar-refractivity contribution in [2.45, 2.75) is 13.3 Å². The minimum absolute atomic E-state index is 0.717. The quantitative estimate of drug-likeness (QED) is 0.825. The van der Waals surface area contributed by atoms with Crippen LogP contribution in [-0.4, -0.2) is 29.8 Å². The average molecular weight is 280 g/mol. The molecular formula is C14H18ClN3O. The molecule has 0 aliphatic rings. The lowest BCUT2D eigenvalue weighted by Gasteiger charge is -2.09. The van der Waals surface area contributed by atoms with E-state index in [1.807, 2.05) is 42.0 Å². The number of anilines is 1. The van der Waals surface area contributed by atoms with Crippen molar-refractivity contribution in [3.63, 3.8) is 0 Å². The molecule has 0 aliphatic heterocycles. The smallest absolute Gasteiger partial charge is 0.207 e. The largest absolute Gasteiger partial charge is 0.385 e. The van der Waals surface area contributed by atoms with E-state index >= 15 is 0 Å².